The summed E-state index contributed by atoms with van der Waals surface area (Å²) in [5.41, 5.74) is 3.38. The molecule has 4 rings (SSSR count). The Bertz CT molecular complexity index is 814. The van der Waals surface area contributed by atoms with E-state index in [1.54, 1.807) is 0 Å². The maximum atomic E-state index is 12.9. The molecule has 2 nitrogen and oxygen atoms in total. The first-order valence-corrected chi connectivity index (χ1v) is 8.31. The van der Waals surface area contributed by atoms with Gasteiger partial charge in [0.15, 0.2) is 0 Å². The lowest BCUT2D eigenvalue weighted by Crippen LogP contribution is -2.56. The minimum absolute atomic E-state index is 0.00462. The number of carbonyl (C=O) groups is 1. The van der Waals surface area contributed by atoms with Gasteiger partial charge in [0.25, 0.3) is 0 Å². The standard InChI is InChI=1S/C22H19NO/c24-22-20(16-17-10-4-1-5-11-17)21(18-12-6-2-7-13-18)23(22)19-14-8-3-9-15-19/h1-15,20-21H,16H2/t20-,21-/m1/s1. The van der Waals surface area contributed by atoms with Crippen molar-refractivity contribution in [2.24, 2.45) is 5.92 Å². The molecule has 0 unspecified atom stereocenters. The van der Waals surface area contributed by atoms with Gasteiger partial charge in [0.05, 0.1) is 12.0 Å². The van der Waals surface area contributed by atoms with E-state index in [0.717, 1.165) is 12.1 Å². The quantitative estimate of drug-likeness (QED) is 0.643. The molecule has 3 aromatic rings. The van der Waals surface area contributed by atoms with Crippen LogP contribution in [0.15, 0.2) is 91.0 Å². The molecular formula is C22H19NO. The van der Waals surface area contributed by atoms with Crippen molar-refractivity contribution in [3.8, 4) is 0 Å². The van der Waals surface area contributed by atoms with E-state index in [1.807, 2.05) is 71.6 Å². The number of hydrogen-bond acceptors (Lipinski definition) is 1. The molecular weight excluding hydrogens is 294 g/mol. The molecule has 1 heterocycles. The minimum Gasteiger partial charge on any atom is -0.304 e. The molecule has 1 amide bonds. The molecule has 0 N–H and O–H groups in total. The van der Waals surface area contributed by atoms with Gasteiger partial charge in [-0.1, -0.05) is 78.9 Å². The normalized spacial score (nSPS) is 19.8. The van der Waals surface area contributed by atoms with Gasteiger partial charge in [-0.25, -0.2) is 0 Å². The highest BCUT2D eigenvalue weighted by atomic mass is 16.2. The van der Waals surface area contributed by atoms with Gasteiger partial charge >= 0.3 is 0 Å². The van der Waals surface area contributed by atoms with Crippen LogP contribution >= 0.6 is 0 Å². The zero-order valence-electron chi connectivity index (χ0n) is 13.4. The van der Waals surface area contributed by atoms with E-state index in [4.69, 9.17) is 0 Å². The van der Waals surface area contributed by atoms with Gasteiger partial charge in [0.2, 0.25) is 5.91 Å². The molecule has 1 aliphatic heterocycles. The molecule has 0 aromatic heterocycles. The van der Waals surface area contributed by atoms with Crippen LogP contribution in [-0.2, 0) is 11.2 Å². The Morgan fingerprint density at radius 3 is 1.88 bits per heavy atom. The third-order valence-corrected chi connectivity index (χ3v) is 4.69. The Kier molecular flexibility index (Phi) is 3.87. The zero-order chi connectivity index (χ0) is 16.4. The molecule has 1 fully saturated rings. The van der Waals surface area contributed by atoms with Crippen molar-refractivity contribution in [2.75, 3.05) is 4.90 Å². The number of hydrogen-bond donors (Lipinski definition) is 0. The number of anilines is 1. The molecule has 0 saturated carbocycles. The topological polar surface area (TPSA) is 20.3 Å². The lowest BCUT2D eigenvalue weighted by molar-refractivity contribution is -0.130. The molecule has 24 heavy (non-hydrogen) atoms. The number of benzene rings is 3. The van der Waals surface area contributed by atoms with E-state index in [2.05, 4.69) is 24.3 Å². The third kappa shape index (κ3) is 2.61. The molecule has 1 aliphatic rings. The van der Waals surface area contributed by atoms with Crippen LogP contribution in [0.1, 0.15) is 17.2 Å². The van der Waals surface area contributed by atoms with E-state index in [0.29, 0.717) is 0 Å². The molecule has 1 saturated heterocycles. The van der Waals surface area contributed by atoms with Crippen molar-refractivity contribution in [3.63, 3.8) is 0 Å². The Labute approximate surface area is 142 Å². The van der Waals surface area contributed by atoms with Crippen molar-refractivity contribution in [1.29, 1.82) is 0 Å². The maximum Gasteiger partial charge on any atom is 0.233 e. The number of amides is 1. The fourth-order valence-corrected chi connectivity index (χ4v) is 3.52. The van der Waals surface area contributed by atoms with E-state index in [1.165, 1.54) is 11.1 Å². The summed E-state index contributed by atoms with van der Waals surface area (Å²) < 4.78 is 0. The molecule has 2 heteroatoms. The second-order valence-electron chi connectivity index (χ2n) is 6.20. The first kappa shape index (κ1) is 14.7. The van der Waals surface area contributed by atoms with Crippen molar-refractivity contribution in [1.82, 2.24) is 0 Å². The van der Waals surface area contributed by atoms with Crippen LogP contribution < -0.4 is 4.90 Å². The van der Waals surface area contributed by atoms with E-state index in [9.17, 15) is 4.79 Å². The summed E-state index contributed by atoms with van der Waals surface area (Å²) in [4.78, 5) is 14.8. The highest BCUT2D eigenvalue weighted by molar-refractivity contribution is 6.03. The van der Waals surface area contributed by atoms with Crippen LogP contribution in [-0.4, -0.2) is 5.91 Å². The molecule has 0 radical (unpaired) electrons. The predicted octanol–water partition coefficient (Wildman–Crippen LogP) is 4.63. The molecule has 118 valence electrons. The summed E-state index contributed by atoms with van der Waals surface area (Å²) in [6.07, 6.45) is 0.780. The highest BCUT2D eigenvalue weighted by Gasteiger charge is 2.48. The summed E-state index contributed by atoms with van der Waals surface area (Å²) >= 11 is 0. The predicted molar refractivity (Wildman–Crippen MR) is 96.7 cm³/mol. The van der Waals surface area contributed by atoms with Crippen LogP contribution in [0.3, 0.4) is 0 Å². The summed E-state index contributed by atoms with van der Waals surface area (Å²) in [5.74, 6) is 0.203. The average molecular weight is 313 g/mol. The summed E-state index contributed by atoms with van der Waals surface area (Å²) in [5, 5.41) is 0. The average Bonchev–Trinajstić information content (AvgIpc) is 2.66. The van der Waals surface area contributed by atoms with Crippen LogP contribution in [0.5, 0.6) is 0 Å². The van der Waals surface area contributed by atoms with Crippen molar-refractivity contribution in [3.05, 3.63) is 102 Å². The van der Waals surface area contributed by atoms with Crippen LogP contribution in [0.25, 0.3) is 0 Å². The largest absolute Gasteiger partial charge is 0.304 e. The number of rotatable bonds is 4. The number of nitrogens with zero attached hydrogens (tertiary/aromatic N) is 1. The van der Waals surface area contributed by atoms with Gasteiger partial charge in [-0.3, -0.25) is 4.79 Å². The summed E-state index contributed by atoms with van der Waals surface area (Å²) in [7, 11) is 0. The molecule has 0 bridgehead atoms. The van der Waals surface area contributed by atoms with Crippen molar-refractivity contribution in [2.45, 2.75) is 12.5 Å². The lowest BCUT2D eigenvalue weighted by atomic mass is 9.78. The minimum atomic E-state index is -0.00462. The molecule has 0 spiro atoms. The van der Waals surface area contributed by atoms with Crippen LogP contribution in [0, 0.1) is 5.92 Å². The Morgan fingerprint density at radius 1 is 0.708 bits per heavy atom. The Hall–Kier alpha value is -2.87. The van der Waals surface area contributed by atoms with Gasteiger partial charge in [0.1, 0.15) is 0 Å². The van der Waals surface area contributed by atoms with Gasteiger partial charge < -0.3 is 4.90 Å². The first-order valence-electron chi connectivity index (χ1n) is 8.31. The Morgan fingerprint density at radius 2 is 1.25 bits per heavy atom. The van der Waals surface area contributed by atoms with E-state index in [-0.39, 0.29) is 17.9 Å². The Balaban J connectivity index is 1.68. The monoisotopic (exact) mass is 313 g/mol. The molecule has 3 aromatic carbocycles. The van der Waals surface area contributed by atoms with Gasteiger partial charge in [-0.2, -0.15) is 0 Å². The zero-order valence-corrected chi connectivity index (χ0v) is 13.4. The fourth-order valence-electron chi connectivity index (χ4n) is 3.52. The fraction of sp³-hybridized carbons (Fsp3) is 0.136. The van der Waals surface area contributed by atoms with Crippen molar-refractivity contribution < 1.29 is 4.79 Å². The van der Waals surface area contributed by atoms with Crippen LogP contribution in [0.4, 0.5) is 5.69 Å². The van der Waals surface area contributed by atoms with E-state index < -0.39 is 0 Å². The number of carbonyl (C=O) groups excluding carboxylic acids is 1. The highest BCUT2D eigenvalue weighted by Crippen LogP contribution is 2.44. The maximum absolute atomic E-state index is 12.9. The number of β-lactam (4-membered cyclic amide) rings is 1. The van der Waals surface area contributed by atoms with Gasteiger partial charge in [-0.15, -0.1) is 0 Å². The SMILES string of the molecule is O=C1[C@H](Cc2ccccc2)[C@@H](c2ccccc2)N1c1ccccc1. The second kappa shape index (κ2) is 6.32. The van der Waals surface area contributed by atoms with E-state index >= 15 is 0 Å². The number of para-hydroxylation sites is 1. The van der Waals surface area contributed by atoms with Crippen molar-refractivity contribution >= 4 is 11.6 Å². The molecule has 0 aliphatic carbocycles. The first-order chi connectivity index (χ1) is 11.8. The second-order valence-corrected chi connectivity index (χ2v) is 6.20. The molecule has 2 atom stereocenters. The third-order valence-electron chi connectivity index (χ3n) is 4.69. The van der Waals surface area contributed by atoms with Gasteiger partial charge in [-0.05, 0) is 29.7 Å². The lowest BCUT2D eigenvalue weighted by Gasteiger charge is -2.47. The van der Waals surface area contributed by atoms with Gasteiger partial charge in [0, 0.05) is 5.69 Å². The summed E-state index contributed by atoms with van der Waals surface area (Å²) in [6, 6.07) is 30.7. The summed E-state index contributed by atoms with van der Waals surface area (Å²) in [6.45, 7) is 0. The van der Waals surface area contributed by atoms with Crippen LogP contribution in [0.2, 0.25) is 0 Å². The smallest absolute Gasteiger partial charge is 0.233 e.